The molecule has 1 aliphatic rings. The van der Waals surface area contributed by atoms with Crippen LogP contribution in [0.25, 0.3) is 0 Å². The first-order valence-corrected chi connectivity index (χ1v) is 7.19. The summed E-state index contributed by atoms with van der Waals surface area (Å²) in [6.07, 6.45) is 7.11. The van der Waals surface area contributed by atoms with Crippen molar-refractivity contribution in [2.45, 2.75) is 32.2 Å². The van der Waals surface area contributed by atoms with E-state index in [9.17, 15) is 4.79 Å². The van der Waals surface area contributed by atoms with Crippen molar-refractivity contribution < 1.29 is 9.53 Å². The van der Waals surface area contributed by atoms with Crippen LogP contribution in [-0.2, 0) is 4.79 Å². The molecule has 1 aromatic rings. The molecular formula is C17H23NO2. The van der Waals surface area contributed by atoms with Crippen molar-refractivity contribution in [3.8, 4) is 5.75 Å². The Morgan fingerprint density at radius 1 is 1.35 bits per heavy atom. The summed E-state index contributed by atoms with van der Waals surface area (Å²) >= 11 is 0. The third kappa shape index (κ3) is 3.03. The number of nitrogens with zero attached hydrogens (tertiary/aromatic N) is 1. The smallest absolute Gasteiger partial charge is 0.226 e. The van der Waals surface area contributed by atoms with E-state index in [-0.39, 0.29) is 17.9 Å². The maximum absolute atomic E-state index is 12.6. The van der Waals surface area contributed by atoms with Gasteiger partial charge in [-0.2, -0.15) is 0 Å². The van der Waals surface area contributed by atoms with Gasteiger partial charge in [-0.05, 0) is 32.3 Å². The second-order valence-electron chi connectivity index (χ2n) is 5.35. The van der Waals surface area contributed by atoms with Gasteiger partial charge in [0.2, 0.25) is 5.91 Å². The second kappa shape index (κ2) is 6.60. The van der Waals surface area contributed by atoms with Crippen molar-refractivity contribution in [3.05, 3.63) is 42.0 Å². The van der Waals surface area contributed by atoms with Crippen LogP contribution in [0.1, 0.15) is 37.8 Å². The molecular weight excluding hydrogens is 250 g/mol. The van der Waals surface area contributed by atoms with Crippen LogP contribution < -0.4 is 4.74 Å². The van der Waals surface area contributed by atoms with Gasteiger partial charge in [-0.25, -0.2) is 0 Å². The number of rotatable bonds is 4. The van der Waals surface area contributed by atoms with Crippen LogP contribution in [0.15, 0.2) is 36.4 Å². The molecule has 0 spiro atoms. The van der Waals surface area contributed by atoms with Gasteiger partial charge in [0.25, 0.3) is 0 Å². The lowest BCUT2D eigenvalue weighted by molar-refractivity contribution is -0.136. The van der Waals surface area contributed by atoms with E-state index in [2.05, 4.69) is 19.1 Å². The van der Waals surface area contributed by atoms with Crippen LogP contribution in [-0.4, -0.2) is 25.0 Å². The quantitative estimate of drug-likeness (QED) is 0.785. The van der Waals surface area contributed by atoms with Gasteiger partial charge in [-0.1, -0.05) is 30.4 Å². The summed E-state index contributed by atoms with van der Waals surface area (Å²) < 4.78 is 5.39. The molecule has 0 saturated carbocycles. The fourth-order valence-electron chi connectivity index (χ4n) is 2.72. The largest absolute Gasteiger partial charge is 0.496 e. The maximum Gasteiger partial charge on any atom is 0.226 e. The van der Waals surface area contributed by atoms with Crippen LogP contribution in [0.3, 0.4) is 0 Å². The van der Waals surface area contributed by atoms with Crippen molar-refractivity contribution in [1.82, 2.24) is 4.90 Å². The predicted molar refractivity (Wildman–Crippen MR) is 80.7 cm³/mol. The zero-order valence-electron chi connectivity index (χ0n) is 12.5. The van der Waals surface area contributed by atoms with Crippen molar-refractivity contribution in [1.29, 1.82) is 0 Å². The van der Waals surface area contributed by atoms with Gasteiger partial charge in [0, 0.05) is 18.5 Å². The highest BCUT2D eigenvalue weighted by Gasteiger charge is 2.26. The van der Waals surface area contributed by atoms with Crippen LogP contribution in [0.4, 0.5) is 0 Å². The van der Waals surface area contributed by atoms with Gasteiger partial charge in [0.15, 0.2) is 0 Å². The van der Waals surface area contributed by atoms with Crippen molar-refractivity contribution in [2.24, 2.45) is 5.92 Å². The highest BCUT2D eigenvalue weighted by Crippen LogP contribution is 2.30. The van der Waals surface area contributed by atoms with Crippen LogP contribution in [0.5, 0.6) is 5.75 Å². The summed E-state index contributed by atoms with van der Waals surface area (Å²) in [4.78, 5) is 14.4. The fourth-order valence-corrected chi connectivity index (χ4v) is 2.72. The van der Waals surface area contributed by atoms with E-state index in [4.69, 9.17) is 4.74 Å². The van der Waals surface area contributed by atoms with Gasteiger partial charge < -0.3 is 9.64 Å². The number of amides is 1. The Balaban J connectivity index is 2.13. The lowest BCUT2D eigenvalue weighted by atomic mass is 9.92. The number of hydrogen-bond acceptors (Lipinski definition) is 2. The minimum absolute atomic E-state index is 0.0181. The molecule has 1 aliphatic carbocycles. The van der Waals surface area contributed by atoms with E-state index in [1.165, 1.54) is 0 Å². The first-order chi connectivity index (χ1) is 9.65. The molecule has 20 heavy (non-hydrogen) atoms. The lowest BCUT2D eigenvalue weighted by Crippen LogP contribution is -2.35. The number of carbonyl (C=O) groups excluding carboxylic acids is 1. The topological polar surface area (TPSA) is 29.5 Å². The standard InChI is InChI=1S/C17H23NO2/c1-13(15-11-7-8-12-16(15)20-3)18(2)17(19)14-9-5-4-6-10-14/h4-5,7-8,11-14H,6,9-10H2,1-3H3. The lowest BCUT2D eigenvalue weighted by Gasteiger charge is -2.30. The minimum atomic E-state index is 0.0181. The summed E-state index contributed by atoms with van der Waals surface area (Å²) in [7, 11) is 3.55. The molecule has 0 heterocycles. The van der Waals surface area contributed by atoms with Gasteiger partial charge in [0.1, 0.15) is 5.75 Å². The molecule has 0 fully saturated rings. The first-order valence-electron chi connectivity index (χ1n) is 7.19. The molecule has 2 unspecified atom stereocenters. The van der Waals surface area contributed by atoms with Gasteiger partial charge in [-0.3, -0.25) is 4.79 Å². The Hall–Kier alpha value is -1.77. The number of para-hydroxylation sites is 1. The number of allylic oxidation sites excluding steroid dienone is 2. The molecule has 3 nitrogen and oxygen atoms in total. The Morgan fingerprint density at radius 3 is 2.75 bits per heavy atom. The molecule has 108 valence electrons. The van der Waals surface area contributed by atoms with Crippen molar-refractivity contribution >= 4 is 5.91 Å². The van der Waals surface area contributed by atoms with Crippen molar-refractivity contribution in [2.75, 3.05) is 14.2 Å². The van der Waals surface area contributed by atoms with Gasteiger partial charge >= 0.3 is 0 Å². The maximum atomic E-state index is 12.6. The normalized spacial score (nSPS) is 19.4. The Morgan fingerprint density at radius 2 is 2.10 bits per heavy atom. The average Bonchev–Trinajstić information content (AvgIpc) is 2.53. The number of benzene rings is 1. The number of ether oxygens (including phenoxy) is 1. The first kappa shape index (κ1) is 14.6. The molecule has 0 aromatic heterocycles. The van der Waals surface area contributed by atoms with Crippen LogP contribution in [0, 0.1) is 5.92 Å². The fraction of sp³-hybridized carbons (Fsp3) is 0.471. The van der Waals surface area contributed by atoms with Gasteiger partial charge in [-0.15, -0.1) is 0 Å². The number of hydrogen-bond donors (Lipinski definition) is 0. The molecule has 2 atom stereocenters. The molecule has 3 heteroatoms. The highest BCUT2D eigenvalue weighted by atomic mass is 16.5. The Bertz CT molecular complexity index is 496. The van der Waals surface area contributed by atoms with Crippen LogP contribution in [0.2, 0.25) is 0 Å². The summed E-state index contributed by atoms with van der Waals surface area (Å²) in [5.41, 5.74) is 1.05. The molecule has 0 saturated heterocycles. The molecule has 1 aromatic carbocycles. The third-order valence-electron chi connectivity index (χ3n) is 4.14. The molecule has 1 amide bonds. The van der Waals surface area contributed by atoms with Crippen molar-refractivity contribution in [3.63, 3.8) is 0 Å². The summed E-state index contributed by atoms with van der Waals surface area (Å²) in [6, 6.07) is 7.91. The third-order valence-corrected chi connectivity index (χ3v) is 4.14. The van der Waals surface area contributed by atoms with E-state index in [0.717, 1.165) is 30.6 Å². The summed E-state index contributed by atoms with van der Waals surface area (Å²) in [5.74, 6) is 1.19. The average molecular weight is 273 g/mol. The van der Waals surface area contributed by atoms with E-state index in [1.54, 1.807) is 7.11 Å². The second-order valence-corrected chi connectivity index (χ2v) is 5.35. The van der Waals surface area contributed by atoms with E-state index < -0.39 is 0 Å². The van der Waals surface area contributed by atoms with Gasteiger partial charge in [0.05, 0.1) is 13.2 Å². The molecule has 0 radical (unpaired) electrons. The molecule has 0 aliphatic heterocycles. The molecule has 0 N–H and O–H groups in total. The number of methoxy groups -OCH3 is 1. The minimum Gasteiger partial charge on any atom is -0.496 e. The Labute approximate surface area is 121 Å². The van der Waals surface area contributed by atoms with E-state index in [1.807, 2.05) is 36.2 Å². The summed E-state index contributed by atoms with van der Waals surface area (Å²) in [5, 5.41) is 0. The highest BCUT2D eigenvalue weighted by molar-refractivity contribution is 5.79. The zero-order valence-corrected chi connectivity index (χ0v) is 12.5. The molecule has 2 rings (SSSR count). The molecule has 0 bridgehead atoms. The number of carbonyl (C=O) groups is 1. The van der Waals surface area contributed by atoms with E-state index in [0.29, 0.717) is 0 Å². The predicted octanol–water partition coefficient (Wildman–Crippen LogP) is 3.57. The van der Waals surface area contributed by atoms with E-state index >= 15 is 0 Å². The monoisotopic (exact) mass is 273 g/mol. The van der Waals surface area contributed by atoms with Crippen LogP contribution >= 0.6 is 0 Å². The summed E-state index contributed by atoms with van der Waals surface area (Å²) in [6.45, 7) is 2.05. The SMILES string of the molecule is COc1ccccc1C(C)N(C)C(=O)C1CC=CCC1. The Kier molecular flexibility index (Phi) is 4.83. The zero-order chi connectivity index (χ0) is 14.5.